The SMILES string of the molecule is CCC(COC)NCc1c(OC)ncnc1OC. The molecule has 1 unspecified atom stereocenters. The topological polar surface area (TPSA) is 65.5 Å². The van der Waals surface area contributed by atoms with E-state index in [9.17, 15) is 0 Å². The maximum Gasteiger partial charge on any atom is 0.224 e. The molecule has 18 heavy (non-hydrogen) atoms. The Kier molecular flexibility index (Phi) is 6.38. The van der Waals surface area contributed by atoms with Crippen LogP contribution in [0.3, 0.4) is 0 Å². The monoisotopic (exact) mass is 255 g/mol. The number of nitrogens with one attached hydrogen (secondary N) is 1. The quantitative estimate of drug-likeness (QED) is 0.748. The van der Waals surface area contributed by atoms with Crippen molar-refractivity contribution >= 4 is 0 Å². The molecule has 1 atom stereocenters. The molecule has 6 heteroatoms. The van der Waals surface area contributed by atoms with Crippen LogP contribution < -0.4 is 14.8 Å². The van der Waals surface area contributed by atoms with E-state index in [1.54, 1.807) is 21.3 Å². The maximum atomic E-state index is 5.21. The van der Waals surface area contributed by atoms with Crippen LogP contribution in [0.1, 0.15) is 18.9 Å². The molecule has 0 saturated carbocycles. The van der Waals surface area contributed by atoms with E-state index in [-0.39, 0.29) is 6.04 Å². The van der Waals surface area contributed by atoms with Gasteiger partial charge in [0.05, 0.1) is 26.4 Å². The molecule has 6 nitrogen and oxygen atoms in total. The second-order valence-electron chi connectivity index (χ2n) is 3.81. The van der Waals surface area contributed by atoms with Gasteiger partial charge < -0.3 is 19.5 Å². The van der Waals surface area contributed by atoms with Crippen LogP contribution in [0.5, 0.6) is 11.8 Å². The third-order valence-corrected chi connectivity index (χ3v) is 2.68. The average molecular weight is 255 g/mol. The van der Waals surface area contributed by atoms with E-state index in [2.05, 4.69) is 22.2 Å². The van der Waals surface area contributed by atoms with Crippen LogP contribution in [0.25, 0.3) is 0 Å². The summed E-state index contributed by atoms with van der Waals surface area (Å²) in [4.78, 5) is 8.14. The number of rotatable bonds is 8. The Morgan fingerprint density at radius 3 is 2.22 bits per heavy atom. The van der Waals surface area contributed by atoms with Gasteiger partial charge in [0.25, 0.3) is 0 Å². The van der Waals surface area contributed by atoms with Crippen LogP contribution in [0, 0.1) is 0 Å². The highest BCUT2D eigenvalue weighted by molar-refractivity contribution is 5.34. The summed E-state index contributed by atoms with van der Waals surface area (Å²) in [6.07, 6.45) is 2.40. The van der Waals surface area contributed by atoms with Crippen molar-refractivity contribution in [2.45, 2.75) is 25.9 Å². The van der Waals surface area contributed by atoms with Crippen LogP contribution in [0.4, 0.5) is 0 Å². The zero-order valence-corrected chi connectivity index (χ0v) is 11.4. The molecular formula is C12H21N3O3. The summed E-state index contributed by atoms with van der Waals surface area (Å²) < 4.78 is 15.6. The summed E-state index contributed by atoms with van der Waals surface area (Å²) >= 11 is 0. The summed E-state index contributed by atoms with van der Waals surface area (Å²) in [6.45, 7) is 3.34. The van der Waals surface area contributed by atoms with E-state index in [1.165, 1.54) is 6.33 Å². The molecule has 0 aliphatic heterocycles. The Labute approximate surface area is 108 Å². The Morgan fingerprint density at radius 1 is 1.17 bits per heavy atom. The van der Waals surface area contributed by atoms with Gasteiger partial charge in [-0.25, -0.2) is 9.97 Å². The first-order valence-electron chi connectivity index (χ1n) is 5.90. The Morgan fingerprint density at radius 2 is 1.78 bits per heavy atom. The number of ether oxygens (including phenoxy) is 3. The minimum Gasteiger partial charge on any atom is -0.481 e. The lowest BCUT2D eigenvalue weighted by atomic mass is 10.2. The smallest absolute Gasteiger partial charge is 0.224 e. The van der Waals surface area contributed by atoms with Crippen molar-refractivity contribution in [2.24, 2.45) is 0 Å². The molecule has 0 spiro atoms. The van der Waals surface area contributed by atoms with Gasteiger partial charge in [-0.15, -0.1) is 0 Å². The number of nitrogens with zero attached hydrogens (tertiary/aromatic N) is 2. The molecule has 1 heterocycles. The zero-order valence-electron chi connectivity index (χ0n) is 11.4. The van der Waals surface area contributed by atoms with Crippen molar-refractivity contribution in [2.75, 3.05) is 27.9 Å². The average Bonchev–Trinajstić information content (AvgIpc) is 2.42. The van der Waals surface area contributed by atoms with Crippen LogP contribution in [0.2, 0.25) is 0 Å². The fourth-order valence-electron chi connectivity index (χ4n) is 1.65. The fourth-order valence-corrected chi connectivity index (χ4v) is 1.65. The zero-order chi connectivity index (χ0) is 13.4. The van der Waals surface area contributed by atoms with Crippen molar-refractivity contribution in [3.05, 3.63) is 11.9 Å². The van der Waals surface area contributed by atoms with Crippen LogP contribution in [-0.4, -0.2) is 43.9 Å². The normalized spacial score (nSPS) is 12.2. The molecule has 102 valence electrons. The highest BCUT2D eigenvalue weighted by Gasteiger charge is 2.14. The van der Waals surface area contributed by atoms with Crippen molar-refractivity contribution in [3.63, 3.8) is 0 Å². The lowest BCUT2D eigenvalue weighted by molar-refractivity contribution is 0.163. The molecule has 0 saturated heterocycles. The van der Waals surface area contributed by atoms with Crippen LogP contribution >= 0.6 is 0 Å². The molecular weight excluding hydrogens is 234 g/mol. The standard InChI is InChI=1S/C12H21N3O3/c1-5-9(7-16-2)13-6-10-11(17-3)14-8-15-12(10)18-4/h8-9,13H,5-7H2,1-4H3. The van der Waals surface area contributed by atoms with Crippen molar-refractivity contribution in [3.8, 4) is 11.8 Å². The third kappa shape index (κ3) is 3.82. The van der Waals surface area contributed by atoms with Gasteiger partial charge in [-0.1, -0.05) is 6.92 Å². The van der Waals surface area contributed by atoms with E-state index in [4.69, 9.17) is 14.2 Å². The largest absolute Gasteiger partial charge is 0.481 e. The second-order valence-corrected chi connectivity index (χ2v) is 3.81. The number of aromatic nitrogens is 2. The van der Waals surface area contributed by atoms with Crippen LogP contribution in [-0.2, 0) is 11.3 Å². The lowest BCUT2D eigenvalue weighted by Crippen LogP contribution is -2.32. The molecule has 0 fully saturated rings. The van der Waals surface area contributed by atoms with Crippen LogP contribution in [0.15, 0.2) is 6.33 Å². The van der Waals surface area contributed by atoms with Gasteiger partial charge in [0, 0.05) is 19.7 Å². The predicted molar refractivity (Wildman–Crippen MR) is 67.9 cm³/mol. The van der Waals surface area contributed by atoms with Gasteiger partial charge in [-0.3, -0.25) is 0 Å². The summed E-state index contributed by atoms with van der Waals surface area (Å²) in [6, 6.07) is 0.282. The molecule has 1 aromatic rings. The summed E-state index contributed by atoms with van der Waals surface area (Å²) in [5, 5.41) is 3.37. The summed E-state index contributed by atoms with van der Waals surface area (Å²) in [5.41, 5.74) is 0.817. The van der Waals surface area contributed by atoms with E-state index >= 15 is 0 Å². The van der Waals surface area contributed by atoms with E-state index in [0.717, 1.165) is 12.0 Å². The first-order chi connectivity index (χ1) is 8.76. The molecule has 0 amide bonds. The maximum absolute atomic E-state index is 5.21. The molecule has 1 N–H and O–H groups in total. The predicted octanol–water partition coefficient (Wildman–Crippen LogP) is 1.01. The molecule has 0 radical (unpaired) electrons. The molecule has 0 aromatic carbocycles. The first kappa shape index (κ1) is 14.7. The van der Waals surface area contributed by atoms with Gasteiger partial charge >= 0.3 is 0 Å². The summed E-state index contributed by atoms with van der Waals surface area (Å²) in [5.74, 6) is 1.06. The fraction of sp³-hybridized carbons (Fsp3) is 0.667. The highest BCUT2D eigenvalue weighted by atomic mass is 16.5. The molecule has 0 bridgehead atoms. The van der Waals surface area contributed by atoms with Crippen molar-refractivity contribution in [1.82, 2.24) is 15.3 Å². The van der Waals surface area contributed by atoms with Crippen molar-refractivity contribution < 1.29 is 14.2 Å². The molecule has 1 aromatic heterocycles. The Bertz CT molecular complexity index is 338. The third-order valence-electron chi connectivity index (χ3n) is 2.68. The second kappa shape index (κ2) is 7.84. The van der Waals surface area contributed by atoms with E-state index in [0.29, 0.717) is 24.9 Å². The van der Waals surface area contributed by atoms with Gasteiger partial charge in [-0.2, -0.15) is 0 Å². The van der Waals surface area contributed by atoms with Gasteiger partial charge in [0.1, 0.15) is 6.33 Å². The number of hydrogen-bond acceptors (Lipinski definition) is 6. The highest BCUT2D eigenvalue weighted by Crippen LogP contribution is 2.23. The minimum atomic E-state index is 0.282. The lowest BCUT2D eigenvalue weighted by Gasteiger charge is -2.17. The van der Waals surface area contributed by atoms with E-state index in [1.807, 2.05) is 0 Å². The minimum absolute atomic E-state index is 0.282. The van der Waals surface area contributed by atoms with Crippen molar-refractivity contribution in [1.29, 1.82) is 0 Å². The number of methoxy groups -OCH3 is 3. The Hall–Kier alpha value is -1.40. The van der Waals surface area contributed by atoms with Gasteiger partial charge in [0.2, 0.25) is 11.8 Å². The van der Waals surface area contributed by atoms with Gasteiger partial charge in [-0.05, 0) is 6.42 Å². The first-order valence-corrected chi connectivity index (χ1v) is 5.90. The summed E-state index contributed by atoms with van der Waals surface area (Å²) in [7, 11) is 4.85. The number of hydrogen-bond donors (Lipinski definition) is 1. The van der Waals surface area contributed by atoms with Gasteiger partial charge in [0.15, 0.2) is 0 Å². The molecule has 0 aliphatic carbocycles. The Balaban J connectivity index is 2.75. The molecule has 0 aliphatic rings. The van der Waals surface area contributed by atoms with E-state index < -0.39 is 0 Å². The molecule has 1 rings (SSSR count).